The minimum absolute atomic E-state index is 0.0295. The van der Waals surface area contributed by atoms with Crippen molar-refractivity contribution in [2.45, 2.75) is 51.7 Å². The second-order valence-electron chi connectivity index (χ2n) is 6.83. The van der Waals surface area contributed by atoms with Gasteiger partial charge in [-0.1, -0.05) is 5.16 Å². The van der Waals surface area contributed by atoms with E-state index in [4.69, 9.17) is 4.52 Å². The number of likely N-dealkylation sites (tertiary alicyclic amines) is 1. The highest BCUT2D eigenvalue weighted by Crippen LogP contribution is 2.22. The summed E-state index contributed by atoms with van der Waals surface area (Å²) in [6.45, 7) is 3.87. The molecule has 2 aromatic heterocycles. The van der Waals surface area contributed by atoms with Gasteiger partial charge in [-0.2, -0.15) is 0 Å². The molecule has 0 spiro atoms. The van der Waals surface area contributed by atoms with E-state index in [0.29, 0.717) is 24.3 Å². The summed E-state index contributed by atoms with van der Waals surface area (Å²) >= 11 is 0. The van der Waals surface area contributed by atoms with Gasteiger partial charge in [0.2, 0.25) is 5.91 Å². The van der Waals surface area contributed by atoms with Gasteiger partial charge in [-0.15, -0.1) is 0 Å². The molecule has 3 heterocycles. The van der Waals surface area contributed by atoms with Crippen LogP contribution in [0.15, 0.2) is 28.9 Å². The van der Waals surface area contributed by atoms with E-state index in [1.807, 2.05) is 19.1 Å². The standard InChI is InChI=1S/C19H23N3O4/c1-12-7-14(5-6-20-12)3-4-18(24)17-9-15(23)11-22(17)19(25)10-16-8-13(2)21-26-16/h5-8,15,17,23H,3-4,9-11H2,1-2H3/t15-,17+/m1/s1. The maximum Gasteiger partial charge on any atom is 0.231 e. The molecule has 1 saturated heterocycles. The average Bonchev–Trinajstić information content (AvgIpc) is 3.18. The van der Waals surface area contributed by atoms with E-state index >= 15 is 0 Å². The predicted octanol–water partition coefficient (Wildman–Crippen LogP) is 1.39. The fourth-order valence-corrected chi connectivity index (χ4v) is 3.34. The normalized spacial score (nSPS) is 19.7. The maximum absolute atomic E-state index is 12.7. The van der Waals surface area contributed by atoms with Gasteiger partial charge in [-0.25, -0.2) is 0 Å². The van der Waals surface area contributed by atoms with E-state index in [9.17, 15) is 14.7 Å². The molecular formula is C19H23N3O4. The quantitative estimate of drug-likeness (QED) is 0.839. The average molecular weight is 357 g/mol. The largest absolute Gasteiger partial charge is 0.391 e. The minimum Gasteiger partial charge on any atom is -0.391 e. The number of pyridine rings is 1. The third-order valence-electron chi connectivity index (χ3n) is 4.59. The molecule has 7 nitrogen and oxygen atoms in total. The van der Waals surface area contributed by atoms with Crippen LogP contribution in [0.2, 0.25) is 0 Å². The number of aliphatic hydroxyl groups is 1. The summed E-state index contributed by atoms with van der Waals surface area (Å²) in [6.07, 6.45) is 2.30. The number of carbonyl (C=O) groups excluding carboxylic acids is 2. The van der Waals surface area contributed by atoms with Crippen LogP contribution in [-0.4, -0.2) is 50.5 Å². The molecule has 0 saturated carbocycles. The van der Waals surface area contributed by atoms with Gasteiger partial charge in [0.15, 0.2) is 5.78 Å². The molecule has 1 fully saturated rings. The van der Waals surface area contributed by atoms with Crippen molar-refractivity contribution in [1.29, 1.82) is 0 Å². The topological polar surface area (TPSA) is 96.5 Å². The number of aliphatic hydroxyl groups excluding tert-OH is 1. The zero-order chi connectivity index (χ0) is 18.7. The Bertz CT molecular complexity index is 802. The number of nitrogens with zero attached hydrogens (tertiary/aromatic N) is 3. The molecule has 0 bridgehead atoms. The lowest BCUT2D eigenvalue weighted by Crippen LogP contribution is -2.41. The van der Waals surface area contributed by atoms with E-state index in [1.54, 1.807) is 19.2 Å². The first-order valence-electron chi connectivity index (χ1n) is 8.76. The Labute approximate surface area is 152 Å². The van der Waals surface area contributed by atoms with Gasteiger partial charge in [0, 0.05) is 37.3 Å². The van der Waals surface area contributed by atoms with Gasteiger partial charge in [-0.05, 0) is 38.0 Å². The monoisotopic (exact) mass is 357 g/mol. The van der Waals surface area contributed by atoms with Crippen molar-refractivity contribution in [3.8, 4) is 0 Å². The van der Waals surface area contributed by atoms with Crippen molar-refractivity contribution >= 4 is 11.7 Å². The van der Waals surface area contributed by atoms with Crippen molar-refractivity contribution < 1.29 is 19.2 Å². The first-order valence-corrected chi connectivity index (χ1v) is 8.76. The number of Topliss-reactive ketones (excluding diaryl/α,β-unsaturated/α-hetero) is 1. The fraction of sp³-hybridized carbons (Fsp3) is 0.474. The summed E-state index contributed by atoms with van der Waals surface area (Å²) in [6, 6.07) is 4.96. The summed E-state index contributed by atoms with van der Waals surface area (Å²) in [7, 11) is 0. The maximum atomic E-state index is 12.7. The molecular weight excluding hydrogens is 334 g/mol. The molecule has 138 valence electrons. The van der Waals surface area contributed by atoms with Crippen LogP contribution in [0.25, 0.3) is 0 Å². The summed E-state index contributed by atoms with van der Waals surface area (Å²) in [5.41, 5.74) is 2.65. The van der Waals surface area contributed by atoms with E-state index in [0.717, 1.165) is 11.3 Å². The van der Waals surface area contributed by atoms with Crippen molar-refractivity contribution in [2.75, 3.05) is 6.54 Å². The Kier molecular flexibility index (Phi) is 5.46. The zero-order valence-electron chi connectivity index (χ0n) is 15.0. The first-order chi connectivity index (χ1) is 12.4. The molecule has 0 unspecified atom stereocenters. The van der Waals surface area contributed by atoms with Crippen LogP contribution in [0.4, 0.5) is 0 Å². The van der Waals surface area contributed by atoms with E-state index < -0.39 is 12.1 Å². The van der Waals surface area contributed by atoms with Crippen LogP contribution < -0.4 is 0 Å². The van der Waals surface area contributed by atoms with Crippen molar-refractivity contribution in [2.24, 2.45) is 0 Å². The summed E-state index contributed by atoms with van der Waals surface area (Å²) < 4.78 is 5.08. The summed E-state index contributed by atoms with van der Waals surface area (Å²) in [5.74, 6) is 0.210. The van der Waals surface area contributed by atoms with Crippen LogP contribution in [0, 0.1) is 13.8 Å². The lowest BCUT2D eigenvalue weighted by Gasteiger charge is -2.23. The summed E-state index contributed by atoms with van der Waals surface area (Å²) in [5, 5.41) is 13.7. The van der Waals surface area contributed by atoms with Crippen molar-refractivity contribution in [1.82, 2.24) is 15.0 Å². The van der Waals surface area contributed by atoms with Gasteiger partial charge in [-0.3, -0.25) is 14.6 Å². The molecule has 26 heavy (non-hydrogen) atoms. The number of rotatable bonds is 6. The highest BCUT2D eigenvalue weighted by atomic mass is 16.5. The number of ketones is 1. The molecule has 0 aliphatic carbocycles. The van der Waals surface area contributed by atoms with Crippen molar-refractivity contribution in [3.63, 3.8) is 0 Å². The number of hydrogen-bond acceptors (Lipinski definition) is 6. The number of hydrogen-bond donors (Lipinski definition) is 1. The van der Waals surface area contributed by atoms with Gasteiger partial charge in [0.25, 0.3) is 0 Å². The third kappa shape index (κ3) is 4.35. The second kappa shape index (κ2) is 7.78. The van der Waals surface area contributed by atoms with Crippen molar-refractivity contribution in [3.05, 3.63) is 47.1 Å². The Morgan fingerprint density at radius 2 is 2.12 bits per heavy atom. The highest BCUT2D eigenvalue weighted by molar-refractivity contribution is 5.90. The van der Waals surface area contributed by atoms with Gasteiger partial charge in [0.05, 0.1) is 24.3 Å². The smallest absolute Gasteiger partial charge is 0.231 e. The van der Waals surface area contributed by atoms with Gasteiger partial charge < -0.3 is 14.5 Å². The van der Waals surface area contributed by atoms with Crippen LogP contribution in [0.5, 0.6) is 0 Å². The van der Waals surface area contributed by atoms with Crippen LogP contribution in [-0.2, 0) is 22.4 Å². The minimum atomic E-state index is -0.674. The molecule has 0 radical (unpaired) electrons. The number of amides is 1. The Morgan fingerprint density at radius 3 is 2.81 bits per heavy atom. The summed E-state index contributed by atoms with van der Waals surface area (Å²) in [4.78, 5) is 30.9. The Hall–Kier alpha value is -2.54. The number of aryl methyl sites for hydroxylation is 3. The van der Waals surface area contributed by atoms with Crippen LogP contribution in [0.1, 0.15) is 35.6 Å². The fourth-order valence-electron chi connectivity index (χ4n) is 3.34. The lowest BCUT2D eigenvalue weighted by molar-refractivity contribution is -0.137. The molecule has 1 N–H and O–H groups in total. The molecule has 3 rings (SSSR count). The molecule has 1 aliphatic rings. The molecule has 7 heteroatoms. The van der Waals surface area contributed by atoms with E-state index in [1.165, 1.54) is 4.90 Å². The van der Waals surface area contributed by atoms with Gasteiger partial charge in [0.1, 0.15) is 5.76 Å². The Morgan fingerprint density at radius 1 is 1.31 bits per heavy atom. The molecule has 0 aromatic carbocycles. The Balaban J connectivity index is 1.62. The highest BCUT2D eigenvalue weighted by Gasteiger charge is 2.38. The van der Waals surface area contributed by atoms with Gasteiger partial charge >= 0.3 is 0 Å². The third-order valence-corrected chi connectivity index (χ3v) is 4.59. The molecule has 1 amide bonds. The molecule has 2 aromatic rings. The number of aromatic nitrogens is 2. The first kappa shape index (κ1) is 18.3. The molecule has 2 atom stereocenters. The predicted molar refractivity (Wildman–Crippen MR) is 93.4 cm³/mol. The van der Waals surface area contributed by atoms with Crippen LogP contribution >= 0.6 is 0 Å². The SMILES string of the molecule is Cc1cc(CCC(=O)[C@@H]2C[C@@H](O)CN2C(=O)Cc2cc(C)no2)ccn1. The van der Waals surface area contributed by atoms with Crippen LogP contribution in [0.3, 0.4) is 0 Å². The lowest BCUT2D eigenvalue weighted by atomic mass is 10.0. The van der Waals surface area contributed by atoms with E-state index in [2.05, 4.69) is 10.1 Å². The molecule has 1 aliphatic heterocycles. The zero-order valence-corrected chi connectivity index (χ0v) is 15.0. The number of carbonyl (C=O) groups is 2. The number of β-amino-alcohol motifs (C(OH)–C–C–N with tert-alkyl or cyclic N) is 1. The second-order valence-corrected chi connectivity index (χ2v) is 6.83. The van der Waals surface area contributed by atoms with E-state index in [-0.39, 0.29) is 31.1 Å².